The summed E-state index contributed by atoms with van der Waals surface area (Å²) in [6.07, 6.45) is 13.4. The fraction of sp³-hybridized carbons (Fsp3) is 0.957. The van der Waals surface area contributed by atoms with Crippen molar-refractivity contribution in [1.29, 1.82) is 0 Å². The Morgan fingerprint density at radius 1 is 0.821 bits per heavy atom. The lowest BCUT2D eigenvalue weighted by Crippen LogP contribution is -2.53. The highest BCUT2D eigenvalue weighted by Gasteiger charge is 2.30. The SMILES string of the molecule is CCCCCCCCCCCCCC[C@H](O)[C@H](O)[C@H](CO)NC(=O)C(C)(C)C. The van der Waals surface area contributed by atoms with Gasteiger partial charge in [0, 0.05) is 5.41 Å². The van der Waals surface area contributed by atoms with Gasteiger partial charge in [-0.2, -0.15) is 0 Å². The highest BCUT2D eigenvalue weighted by molar-refractivity contribution is 5.81. The fourth-order valence-electron chi connectivity index (χ4n) is 3.26. The Labute approximate surface area is 173 Å². The summed E-state index contributed by atoms with van der Waals surface area (Å²) in [6, 6.07) is -0.834. The molecule has 0 saturated carbocycles. The molecule has 0 saturated heterocycles. The molecule has 0 spiro atoms. The van der Waals surface area contributed by atoms with Crippen LogP contribution in [0.15, 0.2) is 0 Å². The minimum atomic E-state index is -1.15. The van der Waals surface area contributed by atoms with Crippen molar-refractivity contribution in [2.24, 2.45) is 5.41 Å². The lowest BCUT2D eigenvalue weighted by Gasteiger charge is -2.29. The lowest BCUT2D eigenvalue weighted by molar-refractivity contribution is -0.131. The first kappa shape index (κ1) is 27.4. The highest BCUT2D eigenvalue weighted by atomic mass is 16.3. The van der Waals surface area contributed by atoms with Crippen molar-refractivity contribution in [3.63, 3.8) is 0 Å². The van der Waals surface area contributed by atoms with Gasteiger partial charge in [-0.1, -0.05) is 105 Å². The van der Waals surface area contributed by atoms with Gasteiger partial charge >= 0.3 is 0 Å². The van der Waals surface area contributed by atoms with Gasteiger partial charge in [0.1, 0.15) is 6.10 Å². The molecule has 0 fully saturated rings. The first-order chi connectivity index (χ1) is 13.2. The maximum absolute atomic E-state index is 12.0. The van der Waals surface area contributed by atoms with Gasteiger partial charge in [-0.3, -0.25) is 4.79 Å². The van der Waals surface area contributed by atoms with E-state index in [0.29, 0.717) is 6.42 Å². The summed E-state index contributed by atoms with van der Waals surface area (Å²) >= 11 is 0. The predicted molar refractivity (Wildman–Crippen MR) is 116 cm³/mol. The molecule has 28 heavy (non-hydrogen) atoms. The van der Waals surface area contributed by atoms with Crippen LogP contribution in [0.2, 0.25) is 0 Å². The molecule has 0 heterocycles. The Morgan fingerprint density at radius 3 is 1.64 bits per heavy atom. The van der Waals surface area contributed by atoms with Gasteiger partial charge in [0.15, 0.2) is 0 Å². The van der Waals surface area contributed by atoms with Crippen LogP contribution in [-0.2, 0) is 4.79 Å². The maximum atomic E-state index is 12.0. The van der Waals surface area contributed by atoms with E-state index in [0.717, 1.165) is 19.3 Å². The molecule has 0 rings (SSSR count). The van der Waals surface area contributed by atoms with Crippen LogP contribution in [0.3, 0.4) is 0 Å². The quantitative estimate of drug-likeness (QED) is 0.273. The van der Waals surface area contributed by atoms with E-state index >= 15 is 0 Å². The molecule has 3 atom stereocenters. The van der Waals surface area contributed by atoms with Crippen LogP contribution < -0.4 is 5.32 Å². The molecule has 0 unspecified atom stereocenters. The van der Waals surface area contributed by atoms with Gasteiger partial charge < -0.3 is 20.6 Å². The van der Waals surface area contributed by atoms with Gasteiger partial charge in [-0.05, 0) is 6.42 Å². The molecule has 0 aromatic carbocycles. The van der Waals surface area contributed by atoms with Gasteiger partial charge in [0.05, 0.1) is 18.8 Å². The van der Waals surface area contributed by atoms with E-state index in [1.165, 1.54) is 57.8 Å². The number of aliphatic hydroxyl groups excluding tert-OH is 3. The van der Waals surface area contributed by atoms with Crippen LogP contribution in [0.5, 0.6) is 0 Å². The van der Waals surface area contributed by atoms with E-state index < -0.39 is 30.3 Å². The Balaban J connectivity index is 3.78. The summed E-state index contributed by atoms with van der Waals surface area (Å²) in [5, 5.41) is 32.5. The van der Waals surface area contributed by atoms with E-state index in [1.807, 2.05) is 0 Å². The van der Waals surface area contributed by atoms with Crippen molar-refractivity contribution in [3.05, 3.63) is 0 Å². The number of carbonyl (C=O) groups excluding carboxylic acids is 1. The fourth-order valence-corrected chi connectivity index (χ4v) is 3.26. The van der Waals surface area contributed by atoms with E-state index in [9.17, 15) is 20.1 Å². The van der Waals surface area contributed by atoms with Crippen LogP contribution in [0.1, 0.15) is 111 Å². The summed E-state index contributed by atoms with van der Waals surface area (Å²) in [7, 11) is 0. The van der Waals surface area contributed by atoms with Gasteiger partial charge in [0.25, 0.3) is 0 Å². The van der Waals surface area contributed by atoms with Crippen molar-refractivity contribution in [2.45, 2.75) is 129 Å². The Bertz CT molecular complexity index is 381. The van der Waals surface area contributed by atoms with Crippen molar-refractivity contribution in [2.75, 3.05) is 6.61 Å². The monoisotopic (exact) mass is 401 g/mol. The number of hydrogen-bond acceptors (Lipinski definition) is 4. The van der Waals surface area contributed by atoms with Gasteiger partial charge in [-0.15, -0.1) is 0 Å². The second kappa shape index (κ2) is 16.2. The number of rotatable bonds is 17. The average molecular weight is 402 g/mol. The number of hydrogen-bond donors (Lipinski definition) is 4. The number of nitrogens with one attached hydrogen (secondary N) is 1. The smallest absolute Gasteiger partial charge is 0.225 e. The lowest BCUT2D eigenvalue weighted by atomic mass is 9.93. The van der Waals surface area contributed by atoms with Crippen molar-refractivity contribution < 1.29 is 20.1 Å². The first-order valence-corrected chi connectivity index (χ1v) is 11.5. The van der Waals surface area contributed by atoms with E-state index in [1.54, 1.807) is 20.8 Å². The van der Waals surface area contributed by atoms with Crippen molar-refractivity contribution >= 4 is 5.91 Å². The zero-order chi connectivity index (χ0) is 21.4. The molecule has 1 amide bonds. The molecular formula is C23H47NO4. The number of unbranched alkanes of at least 4 members (excludes halogenated alkanes) is 11. The molecule has 0 aliphatic heterocycles. The third kappa shape index (κ3) is 13.5. The molecule has 0 aromatic rings. The van der Waals surface area contributed by atoms with Crippen molar-refractivity contribution in [3.8, 4) is 0 Å². The van der Waals surface area contributed by atoms with Crippen LogP contribution in [0.25, 0.3) is 0 Å². The summed E-state index contributed by atoms with van der Waals surface area (Å²) in [5.41, 5.74) is -0.604. The van der Waals surface area contributed by atoms with E-state index in [-0.39, 0.29) is 5.91 Å². The third-order valence-electron chi connectivity index (χ3n) is 5.35. The normalized spacial score (nSPS) is 15.2. The summed E-state index contributed by atoms with van der Waals surface area (Å²) in [5.74, 6) is -0.247. The molecule has 5 nitrogen and oxygen atoms in total. The second-order valence-electron chi connectivity index (χ2n) is 9.25. The zero-order valence-electron chi connectivity index (χ0n) is 18.9. The molecule has 5 heteroatoms. The second-order valence-corrected chi connectivity index (χ2v) is 9.25. The molecule has 0 aliphatic rings. The molecule has 0 aromatic heterocycles. The van der Waals surface area contributed by atoms with E-state index in [2.05, 4.69) is 12.2 Å². The van der Waals surface area contributed by atoms with Crippen LogP contribution in [0.4, 0.5) is 0 Å². The minimum Gasteiger partial charge on any atom is -0.394 e. The van der Waals surface area contributed by atoms with Gasteiger partial charge in [0.2, 0.25) is 5.91 Å². The van der Waals surface area contributed by atoms with Crippen LogP contribution >= 0.6 is 0 Å². The Morgan fingerprint density at radius 2 is 1.25 bits per heavy atom. The largest absolute Gasteiger partial charge is 0.394 e. The maximum Gasteiger partial charge on any atom is 0.225 e. The predicted octanol–water partition coefficient (Wildman–Crippen LogP) is 4.32. The molecule has 0 bridgehead atoms. The topological polar surface area (TPSA) is 89.8 Å². The Hall–Kier alpha value is -0.650. The minimum absolute atomic E-state index is 0.247. The summed E-state index contributed by atoms with van der Waals surface area (Å²) in [6.45, 7) is 7.16. The Kier molecular flexibility index (Phi) is 15.8. The van der Waals surface area contributed by atoms with Crippen LogP contribution in [-0.4, -0.2) is 46.1 Å². The number of aliphatic hydroxyl groups is 3. The van der Waals surface area contributed by atoms with Crippen LogP contribution in [0, 0.1) is 5.41 Å². The molecule has 0 radical (unpaired) electrons. The zero-order valence-corrected chi connectivity index (χ0v) is 18.9. The van der Waals surface area contributed by atoms with Gasteiger partial charge in [-0.25, -0.2) is 0 Å². The number of carbonyl (C=O) groups is 1. The molecule has 168 valence electrons. The molecule has 0 aliphatic carbocycles. The third-order valence-corrected chi connectivity index (χ3v) is 5.35. The summed E-state index contributed by atoms with van der Waals surface area (Å²) < 4.78 is 0. The van der Waals surface area contributed by atoms with E-state index in [4.69, 9.17) is 0 Å². The standard InChI is InChI=1S/C23H47NO4/c1-5-6-7-8-9-10-11-12-13-14-15-16-17-20(26)21(27)19(18-25)24-22(28)23(2,3)4/h19-21,25-27H,5-18H2,1-4H3,(H,24,28)/t19-,20-,21+/m0/s1. The summed E-state index contributed by atoms with van der Waals surface area (Å²) in [4.78, 5) is 12.0. The average Bonchev–Trinajstić information content (AvgIpc) is 2.65. The molecule has 4 N–H and O–H groups in total. The number of amides is 1. The molecular weight excluding hydrogens is 354 g/mol. The highest BCUT2D eigenvalue weighted by Crippen LogP contribution is 2.16. The van der Waals surface area contributed by atoms with Crippen molar-refractivity contribution in [1.82, 2.24) is 5.32 Å². The first-order valence-electron chi connectivity index (χ1n) is 11.5.